The zero-order chi connectivity index (χ0) is 17.5. The average molecular weight is 336 g/mol. The molecule has 1 spiro atoms. The van der Waals surface area contributed by atoms with Gasteiger partial charge in [-0.15, -0.1) is 0 Å². The number of piperidine rings is 1. The fourth-order valence-corrected chi connectivity index (χ4v) is 3.18. The second kappa shape index (κ2) is 5.65. The second-order valence-corrected chi connectivity index (χ2v) is 7.14. The molecule has 1 fully saturated rings. The molecule has 130 valence electrons. The van der Waals surface area contributed by atoms with Crippen LogP contribution in [0.2, 0.25) is 0 Å². The summed E-state index contributed by atoms with van der Waals surface area (Å²) in [5.74, 6) is -0.418. The van der Waals surface area contributed by atoms with Gasteiger partial charge in [0.15, 0.2) is 0 Å². The van der Waals surface area contributed by atoms with Gasteiger partial charge in [0, 0.05) is 25.9 Å². The molecule has 2 aliphatic rings. The molecule has 24 heavy (non-hydrogen) atoms. The van der Waals surface area contributed by atoms with E-state index >= 15 is 0 Å². The molecule has 0 bridgehead atoms. The largest absolute Gasteiger partial charge is 0.444 e. The standard InChI is InChI=1S/C17H21FN2O4/c1-16(2,3)24-15(22)20-9-7-17(8-10-20)13-11(18)5-4-6-12(13)19-14(21)23-17/h4-6H,7-10H2,1-3H3,(H,19,21). The number of halogens is 1. The maximum Gasteiger partial charge on any atom is 0.412 e. The van der Waals surface area contributed by atoms with Crippen LogP contribution in [0.25, 0.3) is 0 Å². The van der Waals surface area contributed by atoms with Crippen LogP contribution in [0.15, 0.2) is 18.2 Å². The third-order valence-corrected chi connectivity index (χ3v) is 4.22. The van der Waals surface area contributed by atoms with E-state index in [9.17, 15) is 14.0 Å². The first-order chi connectivity index (χ1) is 11.2. The van der Waals surface area contributed by atoms with Crippen LogP contribution in [0.1, 0.15) is 39.2 Å². The molecule has 1 aromatic carbocycles. The van der Waals surface area contributed by atoms with Crippen molar-refractivity contribution in [3.8, 4) is 0 Å². The number of nitrogens with zero attached hydrogens (tertiary/aromatic N) is 1. The Balaban J connectivity index is 1.81. The van der Waals surface area contributed by atoms with Gasteiger partial charge < -0.3 is 14.4 Å². The number of rotatable bonds is 0. The van der Waals surface area contributed by atoms with Crippen molar-refractivity contribution in [1.29, 1.82) is 0 Å². The summed E-state index contributed by atoms with van der Waals surface area (Å²) < 4.78 is 25.2. The van der Waals surface area contributed by atoms with E-state index in [2.05, 4.69) is 5.32 Å². The number of nitrogens with one attached hydrogen (secondary N) is 1. The monoisotopic (exact) mass is 336 g/mol. The molecule has 1 saturated heterocycles. The van der Waals surface area contributed by atoms with Crippen molar-refractivity contribution in [3.63, 3.8) is 0 Å². The van der Waals surface area contributed by atoms with E-state index in [1.807, 2.05) is 0 Å². The quantitative estimate of drug-likeness (QED) is 0.786. The van der Waals surface area contributed by atoms with Gasteiger partial charge in [-0.25, -0.2) is 14.0 Å². The maximum absolute atomic E-state index is 14.4. The Morgan fingerprint density at radius 2 is 2.00 bits per heavy atom. The predicted molar refractivity (Wildman–Crippen MR) is 85.2 cm³/mol. The summed E-state index contributed by atoms with van der Waals surface area (Å²) in [6.07, 6.45) is -0.355. The molecule has 0 aromatic heterocycles. The lowest BCUT2D eigenvalue weighted by molar-refractivity contribution is -0.0456. The van der Waals surface area contributed by atoms with Crippen LogP contribution in [0.3, 0.4) is 0 Å². The highest BCUT2D eigenvalue weighted by Crippen LogP contribution is 2.44. The first-order valence-corrected chi connectivity index (χ1v) is 7.97. The van der Waals surface area contributed by atoms with E-state index in [0.29, 0.717) is 37.2 Å². The number of hydrogen-bond donors (Lipinski definition) is 1. The minimum atomic E-state index is -1.04. The Morgan fingerprint density at radius 1 is 1.33 bits per heavy atom. The van der Waals surface area contributed by atoms with Gasteiger partial charge in [0.05, 0.1) is 11.3 Å². The van der Waals surface area contributed by atoms with Crippen molar-refractivity contribution in [1.82, 2.24) is 4.90 Å². The van der Waals surface area contributed by atoms with Gasteiger partial charge in [-0.1, -0.05) is 6.07 Å². The van der Waals surface area contributed by atoms with Gasteiger partial charge in [-0.2, -0.15) is 0 Å². The van der Waals surface area contributed by atoms with E-state index in [1.54, 1.807) is 37.8 Å². The van der Waals surface area contributed by atoms with Crippen LogP contribution in [-0.2, 0) is 15.1 Å². The van der Waals surface area contributed by atoms with Gasteiger partial charge in [0.25, 0.3) is 0 Å². The topological polar surface area (TPSA) is 67.9 Å². The number of amides is 2. The van der Waals surface area contributed by atoms with Crippen LogP contribution in [-0.4, -0.2) is 35.8 Å². The van der Waals surface area contributed by atoms with E-state index in [-0.39, 0.29) is 0 Å². The molecular formula is C17H21FN2O4. The van der Waals surface area contributed by atoms with E-state index in [4.69, 9.17) is 9.47 Å². The van der Waals surface area contributed by atoms with Crippen molar-refractivity contribution in [2.45, 2.75) is 44.8 Å². The zero-order valence-electron chi connectivity index (χ0n) is 14.0. The van der Waals surface area contributed by atoms with Crippen LogP contribution < -0.4 is 5.32 Å². The van der Waals surface area contributed by atoms with Gasteiger partial charge in [-0.3, -0.25) is 5.32 Å². The van der Waals surface area contributed by atoms with Gasteiger partial charge in [0.2, 0.25) is 0 Å². The lowest BCUT2D eigenvalue weighted by atomic mass is 9.82. The summed E-state index contributed by atoms with van der Waals surface area (Å²) >= 11 is 0. The summed E-state index contributed by atoms with van der Waals surface area (Å²) in [6.45, 7) is 6.07. The maximum atomic E-state index is 14.4. The van der Waals surface area contributed by atoms with Gasteiger partial charge >= 0.3 is 12.2 Å². The number of likely N-dealkylation sites (tertiary alicyclic amines) is 1. The highest BCUT2D eigenvalue weighted by Gasteiger charge is 2.47. The number of fused-ring (bicyclic) bond motifs is 2. The zero-order valence-corrected chi connectivity index (χ0v) is 14.0. The molecule has 0 atom stereocenters. The van der Waals surface area contributed by atoms with Crippen molar-refractivity contribution in [2.75, 3.05) is 18.4 Å². The smallest absolute Gasteiger partial charge is 0.412 e. The highest BCUT2D eigenvalue weighted by molar-refractivity contribution is 5.89. The third-order valence-electron chi connectivity index (χ3n) is 4.22. The fraction of sp³-hybridized carbons (Fsp3) is 0.529. The lowest BCUT2D eigenvalue weighted by Crippen LogP contribution is -2.51. The lowest BCUT2D eigenvalue weighted by Gasteiger charge is -2.44. The molecule has 1 N–H and O–H groups in total. The van der Waals surface area contributed by atoms with Crippen molar-refractivity contribution in [2.24, 2.45) is 0 Å². The Bertz CT molecular complexity index is 676. The molecule has 1 aromatic rings. The molecule has 0 unspecified atom stereocenters. The number of hydrogen-bond acceptors (Lipinski definition) is 4. The van der Waals surface area contributed by atoms with Gasteiger partial charge in [0.1, 0.15) is 17.0 Å². The van der Waals surface area contributed by atoms with Crippen LogP contribution in [0.4, 0.5) is 19.7 Å². The molecule has 2 aliphatic heterocycles. The summed E-state index contributed by atoms with van der Waals surface area (Å²) in [6, 6.07) is 4.55. The molecule has 6 nitrogen and oxygen atoms in total. The molecular weight excluding hydrogens is 315 g/mol. The third kappa shape index (κ3) is 3.02. The summed E-state index contributed by atoms with van der Waals surface area (Å²) in [7, 11) is 0. The number of anilines is 1. The fourth-order valence-electron chi connectivity index (χ4n) is 3.18. The van der Waals surface area contributed by atoms with Crippen LogP contribution in [0, 0.1) is 5.82 Å². The van der Waals surface area contributed by atoms with Crippen molar-refractivity contribution < 1.29 is 23.5 Å². The Kier molecular flexibility index (Phi) is 3.89. The minimum Gasteiger partial charge on any atom is -0.444 e. The summed E-state index contributed by atoms with van der Waals surface area (Å²) in [4.78, 5) is 25.6. The molecule has 0 saturated carbocycles. The Labute approximate surface area is 139 Å². The average Bonchev–Trinajstić information content (AvgIpc) is 2.45. The van der Waals surface area contributed by atoms with Crippen molar-refractivity contribution in [3.05, 3.63) is 29.6 Å². The molecule has 0 radical (unpaired) electrons. The van der Waals surface area contributed by atoms with Crippen LogP contribution >= 0.6 is 0 Å². The normalized spacial score (nSPS) is 19.3. The van der Waals surface area contributed by atoms with Crippen LogP contribution in [0.5, 0.6) is 0 Å². The number of carbonyl (C=O) groups excluding carboxylic acids is 2. The predicted octanol–water partition coefficient (Wildman–Crippen LogP) is 3.61. The number of benzene rings is 1. The Hall–Kier alpha value is -2.31. The van der Waals surface area contributed by atoms with E-state index < -0.39 is 29.2 Å². The second-order valence-electron chi connectivity index (χ2n) is 7.14. The van der Waals surface area contributed by atoms with E-state index in [1.165, 1.54) is 6.07 Å². The molecule has 3 rings (SSSR count). The van der Waals surface area contributed by atoms with Crippen molar-refractivity contribution >= 4 is 17.9 Å². The Morgan fingerprint density at radius 3 is 2.62 bits per heavy atom. The summed E-state index contributed by atoms with van der Waals surface area (Å²) in [5.41, 5.74) is -0.835. The SMILES string of the molecule is CC(C)(C)OC(=O)N1CCC2(CC1)OC(=O)Nc1cccc(F)c12. The first kappa shape index (κ1) is 16.5. The van der Waals surface area contributed by atoms with E-state index in [0.717, 1.165) is 0 Å². The van der Waals surface area contributed by atoms with Gasteiger partial charge in [-0.05, 0) is 32.9 Å². The molecule has 7 heteroatoms. The minimum absolute atomic E-state index is 0.327. The highest BCUT2D eigenvalue weighted by atomic mass is 19.1. The molecule has 2 heterocycles. The number of ether oxygens (including phenoxy) is 2. The number of carbonyl (C=O) groups is 2. The molecule has 2 amide bonds. The first-order valence-electron chi connectivity index (χ1n) is 7.97. The molecule has 0 aliphatic carbocycles. The summed E-state index contributed by atoms with van der Waals surface area (Å²) in [5, 5.41) is 2.53.